The second-order valence-electron chi connectivity index (χ2n) is 6.47. The number of unbranched alkanes of at least 4 members (excludes halogenated alkanes) is 1. The fourth-order valence-corrected chi connectivity index (χ4v) is 3.10. The van der Waals surface area contributed by atoms with E-state index in [9.17, 15) is 4.79 Å². The van der Waals surface area contributed by atoms with Crippen molar-refractivity contribution < 1.29 is 9.53 Å². The zero-order valence-corrected chi connectivity index (χ0v) is 16.6. The molecule has 0 fully saturated rings. The third-order valence-electron chi connectivity index (χ3n) is 4.36. The second-order valence-corrected chi connectivity index (χ2v) is 6.88. The highest BCUT2D eigenvalue weighted by Gasteiger charge is 2.09. The molecular weight excluding hydrogens is 374 g/mol. The molecule has 146 valence electrons. The normalized spacial score (nSPS) is 10.6. The van der Waals surface area contributed by atoms with Crippen molar-refractivity contribution in [3.05, 3.63) is 65.6 Å². The summed E-state index contributed by atoms with van der Waals surface area (Å²) < 4.78 is 5.06. The van der Waals surface area contributed by atoms with Crippen molar-refractivity contribution in [2.24, 2.45) is 0 Å². The zero-order chi connectivity index (χ0) is 19.8. The van der Waals surface area contributed by atoms with Gasteiger partial charge in [-0.3, -0.25) is 0 Å². The van der Waals surface area contributed by atoms with E-state index in [1.165, 1.54) is 0 Å². The number of amides is 1. The highest BCUT2D eigenvalue weighted by atomic mass is 35.5. The van der Waals surface area contributed by atoms with Crippen LogP contribution in [0, 0.1) is 0 Å². The Morgan fingerprint density at radius 2 is 2.00 bits per heavy atom. The monoisotopic (exact) mass is 397 g/mol. The Kier molecular flexibility index (Phi) is 7.09. The quantitative estimate of drug-likeness (QED) is 0.495. The number of nitrogens with one attached hydrogen (secondary N) is 2. The number of hydrogen-bond donors (Lipinski definition) is 2. The van der Waals surface area contributed by atoms with E-state index in [2.05, 4.69) is 34.3 Å². The largest absolute Gasteiger partial charge is 0.450 e. The summed E-state index contributed by atoms with van der Waals surface area (Å²) in [5.41, 5.74) is 3.94. The molecule has 1 amide bonds. The molecule has 0 spiro atoms. The number of alkyl carbamates (subject to hydrolysis) is 1. The van der Waals surface area contributed by atoms with E-state index in [-0.39, 0.29) is 6.09 Å². The topological polar surface area (TPSA) is 67.0 Å². The summed E-state index contributed by atoms with van der Waals surface area (Å²) in [6.45, 7) is 2.96. The Morgan fingerprint density at radius 1 is 1.18 bits per heavy atom. The first-order chi connectivity index (χ1) is 13.7. The fourth-order valence-electron chi connectivity index (χ4n) is 2.81. The second kappa shape index (κ2) is 9.95. The molecule has 0 aliphatic heterocycles. The number of H-pyrrole nitrogens is 1. The summed E-state index contributed by atoms with van der Waals surface area (Å²) in [7, 11) is 0. The third-order valence-corrected chi connectivity index (χ3v) is 4.67. The Labute approximate surface area is 170 Å². The number of benzene rings is 2. The first-order valence-electron chi connectivity index (χ1n) is 9.47. The molecule has 0 unspecified atom stereocenters. The maximum atomic E-state index is 11.5. The first-order valence-corrected chi connectivity index (χ1v) is 9.85. The van der Waals surface area contributed by atoms with Gasteiger partial charge in [0.05, 0.1) is 23.5 Å². The van der Waals surface area contributed by atoms with Gasteiger partial charge in [-0.15, -0.1) is 0 Å². The number of carbonyl (C=O) groups is 1. The van der Waals surface area contributed by atoms with Crippen molar-refractivity contribution in [1.29, 1.82) is 0 Å². The number of ether oxygens (including phenoxy) is 1. The van der Waals surface area contributed by atoms with Crippen LogP contribution in [-0.4, -0.2) is 29.2 Å². The lowest BCUT2D eigenvalue weighted by Crippen LogP contribution is -2.27. The van der Waals surface area contributed by atoms with Gasteiger partial charge in [-0.25, -0.2) is 9.78 Å². The van der Waals surface area contributed by atoms with Gasteiger partial charge < -0.3 is 15.0 Å². The molecule has 3 aromatic rings. The molecule has 1 heterocycles. The third kappa shape index (κ3) is 5.36. The lowest BCUT2D eigenvalue weighted by molar-refractivity contribution is 0.144. The van der Waals surface area contributed by atoms with Crippen LogP contribution in [0.3, 0.4) is 0 Å². The van der Waals surface area contributed by atoms with Gasteiger partial charge in [0.2, 0.25) is 0 Å². The maximum Gasteiger partial charge on any atom is 0.407 e. The van der Waals surface area contributed by atoms with E-state index < -0.39 is 0 Å². The minimum Gasteiger partial charge on any atom is -0.450 e. The molecule has 2 aromatic carbocycles. The van der Waals surface area contributed by atoms with Crippen LogP contribution in [0.15, 0.2) is 54.7 Å². The lowest BCUT2D eigenvalue weighted by atomic mass is 10.0. The van der Waals surface area contributed by atoms with Crippen LogP contribution >= 0.6 is 11.6 Å². The Balaban J connectivity index is 1.58. The zero-order valence-electron chi connectivity index (χ0n) is 15.9. The molecule has 0 atom stereocenters. The Bertz CT molecular complexity index is 909. The molecule has 3 rings (SSSR count). The van der Waals surface area contributed by atoms with Gasteiger partial charge in [0, 0.05) is 18.5 Å². The number of aromatic nitrogens is 2. The molecule has 0 aliphatic carbocycles. The standard InChI is InChI=1S/C22H24ClN3O2/c1-2-3-13-28-22(27)24-12-11-21-25-15-20(26-21)18-10-9-17(14-19(18)23)16-7-5-4-6-8-16/h4-10,14-15H,2-3,11-13H2,1H3,(H,24,27)(H,25,26). The van der Waals surface area contributed by atoms with Crippen LogP contribution in [0.4, 0.5) is 4.79 Å². The van der Waals surface area contributed by atoms with Crippen molar-refractivity contribution >= 4 is 17.7 Å². The molecule has 2 N–H and O–H groups in total. The Hall–Kier alpha value is -2.79. The molecule has 0 aliphatic rings. The minimum atomic E-state index is -0.389. The van der Waals surface area contributed by atoms with E-state index in [0.29, 0.717) is 24.6 Å². The minimum absolute atomic E-state index is 0.389. The summed E-state index contributed by atoms with van der Waals surface area (Å²) >= 11 is 6.51. The number of carbonyl (C=O) groups excluding carboxylic acids is 1. The van der Waals surface area contributed by atoms with Gasteiger partial charge in [0.15, 0.2) is 0 Å². The van der Waals surface area contributed by atoms with E-state index >= 15 is 0 Å². The van der Waals surface area contributed by atoms with Crippen molar-refractivity contribution in [3.8, 4) is 22.4 Å². The van der Waals surface area contributed by atoms with Gasteiger partial charge in [0.1, 0.15) is 5.82 Å². The number of rotatable bonds is 8. The van der Waals surface area contributed by atoms with Crippen molar-refractivity contribution in [2.45, 2.75) is 26.2 Å². The van der Waals surface area contributed by atoms with Gasteiger partial charge in [-0.05, 0) is 23.6 Å². The Morgan fingerprint density at radius 3 is 2.75 bits per heavy atom. The summed E-state index contributed by atoms with van der Waals surface area (Å²) in [5.74, 6) is 0.784. The van der Waals surface area contributed by atoms with Gasteiger partial charge in [-0.2, -0.15) is 0 Å². The predicted octanol–water partition coefficient (Wildman–Crippen LogP) is 5.47. The number of nitrogens with zero attached hydrogens (tertiary/aromatic N) is 1. The maximum absolute atomic E-state index is 11.5. The number of aromatic amines is 1. The molecule has 5 nitrogen and oxygen atoms in total. The van der Waals surface area contributed by atoms with Gasteiger partial charge in [0.25, 0.3) is 0 Å². The molecule has 6 heteroatoms. The molecule has 1 aromatic heterocycles. The molecule has 0 saturated heterocycles. The summed E-state index contributed by atoms with van der Waals surface area (Å²) in [6, 6.07) is 16.1. The van der Waals surface area contributed by atoms with Crippen molar-refractivity contribution in [3.63, 3.8) is 0 Å². The van der Waals surface area contributed by atoms with Crippen LogP contribution in [0.25, 0.3) is 22.4 Å². The number of hydrogen-bond acceptors (Lipinski definition) is 3. The van der Waals surface area contributed by atoms with E-state index in [1.807, 2.05) is 36.4 Å². The number of imidazole rings is 1. The van der Waals surface area contributed by atoms with Crippen molar-refractivity contribution in [2.75, 3.05) is 13.2 Å². The van der Waals surface area contributed by atoms with E-state index in [4.69, 9.17) is 16.3 Å². The van der Waals surface area contributed by atoms with Crippen LogP contribution in [0.5, 0.6) is 0 Å². The van der Waals surface area contributed by atoms with Crippen LogP contribution in [-0.2, 0) is 11.2 Å². The average molecular weight is 398 g/mol. The van der Waals surface area contributed by atoms with Gasteiger partial charge in [-0.1, -0.05) is 67.4 Å². The molecule has 28 heavy (non-hydrogen) atoms. The lowest BCUT2D eigenvalue weighted by Gasteiger charge is -2.06. The van der Waals surface area contributed by atoms with Crippen molar-refractivity contribution in [1.82, 2.24) is 15.3 Å². The predicted molar refractivity (Wildman–Crippen MR) is 112 cm³/mol. The molecule has 0 radical (unpaired) electrons. The average Bonchev–Trinajstić information content (AvgIpc) is 3.17. The SMILES string of the molecule is CCCCOC(=O)NCCc1ncc(-c2ccc(-c3ccccc3)cc2Cl)[nH]1. The van der Waals surface area contributed by atoms with Crippen LogP contribution in [0.2, 0.25) is 5.02 Å². The highest BCUT2D eigenvalue weighted by Crippen LogP contribution is 2.31. The highest BCUT2D eigenvalue weighted by molar-refractivity contribution is 6.33. The summed E-state index contributed by atoms with van der Waals surface area (Å²) in [6.07, 6.45) is 3.83. The summed E-state index contributed by atoms with van der Waals surface area (Å²) in [5, 5.41) is 3.39. The molecular formula is C22H24ClN3O2. The first kappa shape index (κ1) is 20.0. The number of halogens is 1. The van der Waals surface area contributed by atoms with E-state index in [0.717, 1.165) is 41.1 Å². The molecule has 0 saturated carbocycles. The van der Waals surface area contributed by atoms with Gasteiger partial charge >= 0.3 is 6.09 Å². The molecule has 0 bridgehead atoms. The van der Waals surface area contributed by atoms with Crippen LogP contribution in [0.1, 0.15) is 25.6 Å². The van der Waals surface area contributed by atoms with E-state index in [1.54, 1.807) is 6.20 Å². The van der Waals surface area contributed by atoms with Crippen LogP contribution < -0.4 is 5.32 Å². The fraction of sp³-hybridized carbons (Fsp3) is 0.273. The summed E-state index contributed by atoms with van der Waals surface area (Å²) in [4.78, 5) is 19.2. The smallest absolute Gasteiger partial charge is 0.407 e.